The quantitative estimate of drug-likeness (QED) is 0.519. The number of rotatable bonds is 6. The smallest absolute Gasteiger partial charge is 0.146 e. The van der Waals surface area contributed by atoms with E-state index in [0.29, 0.717) is 17.4 Å². The van der Waals surface area contributed by atoms with Crippen molar-refractivity contribution >= 4 is 22.7 Å². The average molecular weight is 429 g/mol. The molecule has 4 N–H and O–H groups in total. The van der Waals surface area contributed by atoms with Crippen molar-refractivity contribution in [3.63, 3.8) is 0 Å². The van der Waals surface area contributed by atoms with Crippen LogP contribution >= 0.6 is 0 Å². The zero-order valence-corrected chi connectivity index (χ0v) is 18.4. The van der Waals surface area contributed by atoms with Crippen LogP contribution in [0.25, 0.3) is 11.2 Å². The Balaban J connectivity index is 1.73. The average Bonchev–Trinajstić information content (AvgIpc) is 3.24. The molecule has 0 radical (unpaired) electrons. The minimum absolute atomic E-state index is 0.0709. The number of anilines is 1. The van der Waals surface area contributed by atoms with Gasteiger partial charge in [0.1, 0.15) is 23.2 Å². The number of aromatic nitrogens is 3. The lowest BCUT2D eigenvalue weighted by Gasteiger charge is -2.21. The van der Waals surface area contributed by atoms with E-state index in [4.69, 9.17) is 10.7 Å². The molecule has 1 unspecified atom stereocenters. The second kappa shape index (κ2) is 9.62. The van der Waals surface area contributed by atoms with E-state index in [1.807, 2.05) is 48.6 Å². The first-order valence-electron chi connectivity index (χ1n) is 10.9. The predicted octanol–water partition coefficient (Wildman–Crippen LogP) is 3.29. The lowest BCUT2D eigenvalue weighted by molar-refractivity contribution is 0.460. The van der Waals surface area contributed by atoms with Crippen LogP contribution in [0.15, 0.2) is 53.9 Å². The summed E-state index contributed by atoms with van der Waals surface area (Å²) in [6.45, 7) is 6.01. The highest BCUT2D eigenvalue weighted by Gasteiger charge is 2.17. The lowest BCUT2D eigenvalue weighted by atomic mass is 10.0. The Morgan fingerprint density at radius 2 is 2.16 bits per heavy atom. The van der Waals surface area contributed by atoms with Gasteiger partial charge < -0.3 is 16.4 Å². The third kappa shape index (κ3) is 4.48. The van der Waals surface area contributed by atoms with Crippen molar-refractivity contribution in [2.24, 2.45) is 10.7 Å². The number of imidazole rings is 1. The molecule has 8 heteroatoms. The molecule has 3 aromatic heterocycles. The van der Waals surface area contributed by atoms with Crippen molar-refractivity contribution < 1.29 is 0 Å². The maximum Gasteiger partial charge on any atom is 0.146 e. The molecule has 1 fully saturated rings. The van der Waals surface area contributed by atoms with Crippen LogP contribution in [0.3, 0.4) is 0 Å². The molecule has 4 rings (SSSR count). The number of nitriles is 1. The van der Waals surface area contributed by atoms with Crippen LogP contribution in [0.5, 0.6) is 0 Å². The Morgan fingerprint density at radius 1 is 1.34 bits per heavy atom. The molecular weight excluding hydrogens is 400 g/mol. The number of nitrogens with two attached hydrogens (primary N) is 1. The third-order valence-electron chi connectivity index (χ3n) is 5.77. The van der Waals surface area contributed by atoms with E-state index in [1.165, 1.54) is 0 Å². The van der Waals surface area contributed by atoms with E-state index in [1.54, 1.807) is 18.6 Å². The summed E-state index contributed by atoms with van der Waals surface area (Å²) in [6.07, 6.45) is 7.00. The van der Waals surface area contributed by atoms with Crippen LogP contribution in [0.4, 0.5) is 5.82 Å². The van der Waals surface area contributed by atoms with Crippen LogP contribution < -0.4 is 16.4 Å². The maximum absolute atomic E-state index is 9.59. The molecule has 0 saturated carbocycles. The topological polar surface area (TPSA) is 116 Å². The summed E-state index contributed by atoms with van der Waals surface area (Å²) < 4.78 is 1.82. The highest BCUT2D eigenvalue weighted by Crippen LogP contribution is 2.27. The predicted molar refractivity (Wildman–Crippen MR) is 127 cm³/mol. The maximum atomic E-state index is 9.59. The molecule has 0 bridgehead atoms. The number of nitrogens with one attached hydrogen (secondary N) is 2. The fraction of sp³-hybridized carbons (Fsp3) is 0.333. The van der Waals surface area contributed by atoms with Crippen LogP contribution in [0, 0.1) is 11.3 Å². The number of pyridine rings is 2. The number of allylic oxidation sites excluding steroid dienone is 1. The molecule has 0 spiro atoms. The molecule has 0 aromatic carbocycles. The number of piperidine rings is 1. The van der Waals surface area contributed by atoms with E-state index >= 15 is 0 Å². The fourth-order valence-corrected chi connectivity index (χ4v) is 4.09. The number of aliphatic imine (C=N–C) groups is 1. The second-order valence-electron chi connectivity index (χ2n) is 7.97. The molecule has 1 aliphatic heterocycles. The van der Waals surface area contributed by atoms with Crippen LogP contribution in [0.1, 0.15) is 49.7 Å². The van der Waals surface area contributed by atoms with Gasteiger partial charge in [-0.15, -0.1) is 0 Å². The van der Waals surface area contributed by atoms with Gasteiger partial charge in [0.05, 0.1) is 24.0 Å². The van der Waals surface area contributed by atoms with Gasteiger partial charge in [0, 0.05) is 23.7 Å². The highest BCUT2D eigenvalue weighted by atomic mass is 15.1. The Kier molecular flexibility index (Phi) is 6.47. The van der Waals surface area contributed by atoms with Crippen molar-refractivity contribution in [2.75, 3.05) is 18.4 Å². The van der Waals surface area contributed by atoms with Gasteiger partial charge >= 0.3 is 0 Å². The van der Waals surface area contributed by atoms with E-state index < -0.39 is 0 Å². The second-order valence-corrected chi connectivity index (χ2v) is 7.97. The summed E-state index contributed by atoms with van der Waals surface area (Å²) in [5.41, 5.74) is 10.8. The minimum atomic E-state index is -0.0709. The normalized spacial score (nSPS) is 16.7. The Labute approximate surface area is 187 Å². The number of nitrogens with zero attached hydrogens (tertiary/aromatic N) is 5. The van der Waals surface area contributed by atoms with E-state index in [-0.39, 0.29) is 6.04 Å². The summed E-state index contributed by atoms with van der Waals surface area (Å²) in [7, 11) is 0. The first-order chi connectivity index (χ1) is 15.6. The highest BCUT2D eigenvalue weighted by molar-refractivity contribution is 6.23. The first-order valence-corrected chi connectivity index (χ1v) is 10.9. The molecule has 1 atom stereocenters. The van der Waals surface area contributed by atoms with E-state index in [2.05, 4.69) is 26.7 Å². The Hall–Kier alpha value is -3.70. The number of hydrogen-bond acceptors (Lipinski definition) is 7. The van der Waals surface area contributed by atoms with Gasteiger partial charge in [0.25, 0.3) is 0 Å². The fourth-order valence-electron chi connectivity index (χ4n) is 4.09. The van der Waals surface area contributed by atoms with Gasteiger partial charge in [0.2, 0.25) is 0 Å². The van der Waals surface area contributed by atoms with Crippen LogP contribution in [-0.2, 0) is 0 Å². The van der Waals surface area contributed by atoms with Crippen molar-refractivity contribution in [2.45, 2.75) is 38.8 Å². The Morgan fingerprint density at radius 3 is 2.84 bits per heavy atom. The van der Waals surface area contributed by atoms with Gasteiger partial charge in [-0.25, -0.2) is 4.98 Å². The third-order valence-corrected chi connectivity index (χ3v) is 5.77. The van der Waals surface area contributed by atoms with Gasteiger partial charge in [-0.1, -0.05) is 6.07 Å². The monoisotopic (exact) mass is 428 g/mol. The lowest BCUT2D eigenvalue weighted by Crippen LogP contribution is -2.30. The van der Waals surface area contributed by atoms with Crippen LogP contribution in [0.2, 0.25) is 0 Å². The van der Waals surface area contributed by atoms with Gasteiger partial charge in [0.15, 0.2) is 0 Å². The Bertz CT molecular complexity index is 1180. The number of hydrogen-bond donors (Lipinski definition) is 3. The summed E-state index contributed by atoms with van der Waals surface area (Å²) in [6, 6.07) is 12.2. The summed E-state index contributed by atoms with van der Waals surface area (Å²) >= 11 is 0. The van der Waals surface area contributed by atoms with Gasteiger partial charge in [-0.2, -0.15) is 5.26 Å². The molecule has 32 heavy (non-hydrogen) atoms. The van der Waals surface area contributed by atoms with Crippen LogP contribution in [-0.4, -0.2) is 39.2 Å². The molecule has 0 amide bonds. The van der Waals surface area contributed by atoms with Crippen molar-refractivity contribution in [1.82, 2.24) is 19.7 Å². The molecule has 8 nitrogen and oxygen atoms in total. The SMILES string of the molecule is CC(=NC1CCNCC1)/C(=C\N)c1cc(NC(C)c2ccccn2)n2c(C#N)cnc2c1. The first kappa shape index (κ1) is 21.5. The largest absolute Gasteiger partial charge is 0.404 e. The molecule has 4 heterocycles. The molecule has 1 saturated heterocycles. The van der Waals surface area contributed by atoms with Crippen molar-refractivity contribution in [3.8, 4) is 6.07 Å². The molecule has 3 aromatic rings. The molecule has 0 aliphatic carbocycles. The van der Waals surface area contributed by atoms with Gasteiger partial charge in [-0.3, -0.25) is 14.4 Å². The minimum Gasteiger partial charge on any atom is -0.404 e. The summed E-state index contributed by atoms with van der Waals surface area (Å²) in [4.78, 5) is 13.8. The van der Waals surface area contributed by atoms with Crippen molar-refractivity contribution in [3.05, 3.63) is 65.9 Å². The summed E-state index contributed by atoms with van der Waals surface area (Å²) in [5.74, 6) is 0.749. The molecule has 1 aliphatic rings. The molecular formula is C24H28N8. The molecule has 164 valence electrons. The van der Waals surface area contributed by atoms with Gasteiger partial charge in [-0.05, 0) is 69.6 Å². The van der Waals surface area contributed by atoms with E-state index in [0.717, 1.165) is 54.3 Å². The standard InChI is InChI=1S/C24H28N8/c1-16(30-19-6-9-27-10-7-19)21(14-26)18-11-23-29-15-20(13-25)32(23)24(12-18)31-17(2)22-5-3-4-8-28-22/h3-5,8,11-12,14-15,17,19,27,31H,6-7,9-10,26H2,1-2H3/b21-14+,30-16?. The zero-order valence-electron chi connectivity index (χ0n) is 18.4. The number of fused-ring (bicyclic) bond motifs is 1. The van der Waals surface area contributed by atoms with E-state index in [9.17, 15) is 5.26 Å². The zero-order chi connectivity index (χ0) is 22.5. The van der Waals surface area contributed by atoms with Crippen molar-refractivity contribution in [1.29, 1.82) is 5.26 Å². The summed E-state index contributed by atoms with van der Waals surface area (Å²) in [5, 5.41) is 16.5.